The number of pyridine rings is 1. The molecule has 5 nitrogen and oxygen atoms in total. The second-order valence-corrected chi connectivity index (χ2v) is 6.10. The SMILES string of the molecule is COc1ccc2nc(N)n(C(C)c3ccc(Cl)s3)c2n1. The molecule has 0 bridgehead atoms. The van der Waals surface area contributed by atoms with Gasteiger partial charge in [0.05, 0.1) is 17.5 Å². The van der Waals surface area contributed by atoms with Crippen LogP contribution in [0.2, 0.25) is 4.34 Å². The number of thiophene rings is 1. The predicted molar refractivity (Wildman–Crippen MR) is 81.6 cm³/mol. The van der Waals surface area contributed by atoms with Gasteiger partial charge in [0, 0.05) is 10.9 Å². The fourth-order valence-corrected chi connectivity index (χ4v) is 3.25. The first kappa shape index (κ1) is 13.2. The van der Waals surface area contributed by atoms with E-state index in [1.165, 1.54) is 11.3 Å². The molecule has 0 saturated carbocycles. The molecule has 0 saturated heterocycles. The molecule has 0 aliphatic carbocycles. The molecule has 0 aliphatic rings. The van der Waals surface area contributed by atoms with Gasteiger partial charge < -0.3 is 10.5 Å². The number of nitrogens with two attached hydrogens (primary N) is 1. The highest BCUT2D eigenvalue weighted by Crippen LogP contribution is 2.32. The zero-order valence-electron chi connectivity index (χ0n) is 11.0. The number of methoxy groups -OCH3 is 1. The zero-order chi connectivity index (χ0) is 14.3. The minimum Gasteiger partial charge on any atom is -0.481 e. The van der Waals surface area contributed by atoms with Crippen LogP contribution in [-0.2, 0) is 0 Å². The molecule has 3 aromatic heterocycles. The number of hydrogen-bond acceptors (Lipinski definition) is 5. The van der Waals surface area contributed by atoms with E-state index in [4.69, 9.17) is 22.1 Å². The summed E-state index contributed by atoms with van der Waals surface area (Å²) >= 11 is 7.52. The lowest BCUT2D eigenvalue weighted by molar-refractivity contribution is 0.399. The molecule has 0 aromatic carbocycles. The minimum absolute atomic E-state index is 0.0112. The number of rotatable bonds is 3. The van der Waals surface area contributed by atoms with Gasteiger partial charge in [-0.25, -0.2) is 4.98 Å². The quantitative estimate of drug-likeness (QED) is 0.806. The lowest BCUT2D eigenvalue weighted by Crippen LogP contribution is -2.09. The van der Waals surface area contributed by atoms with E-state index in [-0.39, 0.29) is 6.04 Å². The highest BCUT2D eigenvalue weighted by atomic mass is 35.5. The van der Waals surface area contributed by atoms with Crippen LogP contribution in [0.25, 0.3) is 11.2 Å². The van der Waals surface area contributed by atoms with Crippen LogP contribution in [0.1, 0.15) is 17.8 Å². The fraction of sp³-hybridized carbons (Fsp3) is 0.231. The summed E-state index contributed by atoms with van der Waals surface area (Å²) in [7, 11) is 1.58. The monoisotopic (exact) mass is 308 g/mol. The van der Waals surface area contributed by atoms with E-state index in [9.17, 15) is 0 Å². The van der Waals surface area contributed by atoms with Crippen LogP contribution in [0.15, 0.2) is 24.3 Å². The van der Waals surface area contributed by atoms with Gasteiger partial charge >= 0.3 is 0 Å². The van der Waals surface area contributed by atoms with E-state index >= 15 is 0 Å². The molecule has 0 radical (unpaired) electrons. The van der Waals surface area contributed by atoms with Crippen molar-refractivity contribution in [3.63, 3.8) is 0 Å². The average Bonchev–Trinajstić information content (AvgIpc) is 3.00. The van der Waals surface area contributed by atoms with Crippen molar-refractivity contribution in [1.82, 2.24) is 14.5 Å². The number of hydrogen-bond donors (Lipinski definition) is 1. The molecular formula is C13H13ClN4OS. The topological polar surface area (TPSA) is 66.0 Å². The highest BCUT2D eigenvalue weighted by Gasteiger charge is 2.18. The Labute approximate surface area is 125 Å². The van der Waals surface area contributed by atoms with Crippen LogP contribution in [0.4, 0.5) is 5.95 Å². The summed E-state index contributed by atoms with van der Waals surface area (Å²) in [6.45, 7) is 2.04. The molecule has 1 unspecified atom stereocenters. The van der Waals surface area contributed by atoms with Gasteiger partial charge in [0.2, 0.25) is 11.8 Å². The van der Waals surface area contributed by atoms with Crippen molar-refractivity contribution in [2.24, 2.45) is 0 Å². The molecule has 1 atom stereocenters. The number of nitrogens with zero attached hydrogens (tertiary/aromatic N) is 3. The molecule has 0 amide bonds. The van der Waals surface area contributed by atoms with Crippen LogP contribution in [0.5, 0.6) is 5.88 Å². The van der Waals surface area contributed by atoms with Crippen molar-refractivity contribution in [2.45, 2.75) is 13.0 Å². The van der Waals surface area contributed by atoms with Gasteiger partial charge in [0.1, 0.15) is 5.52 Å². The summed E-state index contributed by atoms with van der Waals surface area (Å²) < 4.78 is 7.80. The number of imidazole rings is 1. The molecule has 3 heterocycles. The van der Waals surface area contributed by atoms with E-state index < -0.39 is 0 Å². The number of aromatic nitrogens is 3. The van der Waals surface area contributed by atoms with Gasteiger partial charge in [-0.05, 0) is 25.1 Å². The van der Waals surface area contributed by atoms with Crippen molar-refractivity contribution < 1.29 is 4.74 Å². The Morgan fingerprint density at radius 2 is 2.10 bits per heavy atom. The molecule has 0 spiro atoms. The van der Waals surface area contributed by atoms with E-state index in [2.05, 4.69) is 9.97 Å². The van der Waals surface area contributed by atoms with Crippen molar-refractivity contribution in [3.05, 3.63) is 33.5 Å². The molecule has 0 fully saturated rings. The Balaban J connectivity index is 2.16. The molecule has 3 rings (SSSR count). The third-order valence-electron chi connectivity index (χ3n) is 3.14. The predicted octanol–water partition coefficient (Wildman–Crippen LogP) is 3.35. The maximum absolute atomic E-state index is 6.03. The number of fused-ring (bicyclic) bond motifs is 1. The van der Waals surface area contributed by atoms with Gasteiger partial charge in [0.25, 0.3) is 0 Å². The molecule has 2 N–H and O–H groups in total. The van der Waals surface area contributed by atoms with Gasteiger partial charge in [-0.15, -0.1) is 11.3 Å². The second kappa shape index (κ2) is 4.96. The van der Waals surface area contributed by atoms with Gasteiger partial charge in [-0.2, -0.15) is 4.98 Å². The molecular weight excluding hydrogens is 296 g/mol. The van der Waals surface area contributed by atoms with E-state index in [1.807, 2.05) is 29.7 Å². The minimum atomic E-state index is 0.0112. The summed E-state index contributed by atoms with van der Waals surface area (Å²) in [5.41, 5.74) is 7.49. The summed E-state index contributed by atoms with van der Waals surface area (Å²) in [6, 6.07) is 7.50. The third-order valence-corrected chi connectivity index (χ3v) is 4.54. The first-order valence-electron chi connectivity index (χ1n) is 6.04. The Morgan fingerprint density at radius 1 is 1.30 bits per heavy atom. The Kier molecular flexibility index (Phi) is 3.27. The smallest absolute Gasteiger partial charge is 0.215 e. The van der Waals surface area contributed by atoms with Gasteiger partial charge in [-0.3, -0.25) is 4.57 Å². The maximum atomic E-state index is 6.03. The normalized spacial score (nSPS) is 12.8. The Bertz CT molecular complexity index is 767. The fourth-order valence-electron chi connectivity index (χ4n) is 2.15. The van der Waals surface area contributed by atoms with E-state index in [0.717, 1.165) is 14.7 Å². The van der Waals surface area contributed by atoms with Gasteiger partial charge in [0.15, 0.2) is 5.65 Å². The molecule has 3 aromatic rings. The molecule has 104 valence electrons. The van der Waals surface area contributed by atoms with E-state index in [1.54, 1.807) is 13.2 Å². The van der Waals surface area contributed by atoms with Crippen molar-refractivity contribution >= 4 is 40.0 Å². The molecule has 20 heavy (non-hydrogen) atoms. The lowest BCUT2D eigenvalue weighted by Gasteiger charge is -2.13. The largest absolute Gasteiger partial charge is 0.481 e. The van der Waals surface area contributed by atoms with Gasteiger partial charge in [-0.1, -0.05) is 11.6 Å². The second-order valence-electron chi connectivity index (χ2n) is 4.35. The third kappa shape index (κ3) is 2.10. The Morgan fingerprint density at radius 3 is 2.75 bits per heavy atom. The van der Waals surface area contributed by atoms with Crippen molar-refractivity contribution in [1.29, 1.82) is 0 Å². The summed E-state index contributed by atoms with van der Waals surface area (Å²) in [5.74, 6) is 0.966. The molecule has 7 heteroatoms. The summed E-state index contributed by atoms with van der Waals surface area (Å²) in [4.78, 5) is 9.88. The standard InChI is InChI=1S/C13H13ClN4OS/c1-7(9-4-5-10(14)20-9)18-12-8(16-13(18)15)3-6-11(17-12)19-2/h3-7H,1-2H3,(H2,15,16). The van der Waals surface area contributed by atoms with Crippen LogP contribution < -0.4 is 10.5 Å². The van der Waals surface area contributed by atoms with Crippen LogP contribution in [0.3, 0.4) is 0 Å². The average molecular weight is 309 g/mol. The Hall–Kier alpha value is -1.79. The first-order chi connectivity index (χ1) is 9.60. The number of halogens is 1. The summed E-state index contributed by atoms with van der Waals surface area (Å²) in [6.07, 6.45) is 0. The van der Waals surface area contributed by atoms with Crippen molar-refractivity contribution in [2.75, 3.05) is 12.8 Å². The summed E-state index contributed by atoms with van der Waals surface area (Å²) in [5, 5.41) is 0. The van der Waals surface area contributed by atoms with Crippen LogP contribution in [-0.4, -0.2) is 21.6 Å². The van der Waals surface area contributed by atoms with Crippen LogP contribution in [0, 0.1) is 0 Å². The number of ether oxygens (including phenoxy) is 1. The number of nitrogen functional groups attached to an aromatic ring is 1. The maximum Gasteiger partial charge on any atom is 0.215 e. The lowest BCUT2D eigenvalue weighted by atomic mass is 10.2. The number of anilines is 1. The molecule has 0 aliphatic heterocycles. The first-order valence-corrected chi connectivity index (χ1v) is 7.23. The van der Waals surface area contributed by atoms with E-state index in [0.29, 0.717) is 17.5 Å². The highest BCUT2D eigenvalue weighted by molar-refractivity contribution is 7.16. The zero-order valence-corrected chi connectivity index (χ0v) is 12.6. The van der Waals surface area contributed by atoms with Crippen LogP contribution >= 0.6 is 22.9 Å². The van der Waals surface area contributed by atoms with Crippen molar-refractivity contribution in [3.8, 4) is 5.88 Å².